The van der Waals surface area contributed by atoms with Crippen molar-refractivity contribution in [2.45, 2.75) is 12.5 Å². The Balaban J connectivity index is 1.70. The van der Waals surface area contributed by atoms with E-state index in [1.165, 1.54) is 11.8 Å². The highest BCUT2D eigenvalue weighted by Gasteiger charge is 2.42. The van der Waals surface area contributed by atoms with E-state index in [0.29, 0.717) is 34.3 Å². The van der Waals surface area contributed by atoms with E-state index in [0.717, 1.165) is 39.0 Å². The van der Waals surface area contributed by atoms with Gasteiger partial charge in [0.2, 0.25) is 0 Å². The van der Waals surface area contributed by atoms with Gasteiger partial charge < -0.3 is 19.4 Å². The lowest BCUT2D eigenvalue weighted by Crippen LogP contribution is -2.41. The van der Waals surface area contributed by atoms with E-state index in [1.807, 2.05) is 88.0 Å². The summed E-state index contributed by atoms with van der Waals surface area (Å²) < 4.78 is 5.83. The molecule has 1 amide bonds. The van der Waals surface area contributed by atoms with Gasteiger partial charge in [-0.15, -0.1) is 0 Å². The highest BCUT2D eigenvalue weighted by Crippen LogP contribution is 2.50. The lowest BCUT2D eigenvalue weighted by Gasteiger charge is -2.36. The number of rotatable bonds is 9. The maximum Gasteiger partial charge on any atom is 0.253 e. The Morgan fingerprint density at radius 2 is 1.63 bits per heavy atom. The molecule has 0 spiro atoms. The number of benzene rings is 3. The standard InChI is InChI=1S/C32H32Cl2N4O2S/c1-36(2)17-18-37(3)31(39)29-25(19-21-11-6-5-7-12-21)35-32-38(30(29)22-13-8-9-16-26(22)40-4)20-27(41-32)28-23(33)14-10-15-24(28)34/h5-16,20,30H,17-19H2,1-4H3. The molecule has 0 N–H and O–H groups in total. The smallest absolute Gasteiger partial charge is 0.253 e. The van der Waals surface area contributed by atoms with E-state index >= 15 is 0 Å². The Morgan fingerprint density at radius 1 is 0.951 bits per heavy atom. The first-order chi connectivity index (χ1) is 19.8. The number of carbonyl (C=O) groups excluding carboxylic acids is 1. The minimum Gasteiger partial charge on any atom is -0.496 e. The summed E-state index contributed by atoms with van der Waals surface area (Å²) in [5.74, 6) is 0.626. The summed E-state index contributed by atoms with van der Waals surface area (Å²) in [6, 6.07) is 23.0. The van der Waals surface area contributed by atoms with Crippen molar-refractivity contribution in [3.63, 3.8) is 0 Å². The van der Waals surface area contributed by atoms with Crippen LogP contribution in [0, 0.1) is 0 Å². The highest BCUT2D eigenvalue weighted by atomic mass is 35.5. The van der Waals surface area contributed by atoms with E-state index in [2.05, 4.69) is 21.9 Å². The Labute approximate surface area is 255 Å². The van der Waals surface area contributed by atoms with Crippen LogP contribution in [0.15, 0.2) is 95.3 Å². The van der Waals surface area contributed by atoms with Crippen molar-refractivity contribution in [1.82, 2.24) is 14.7 Å². The summed E-state index contributed by atoms with van der Waals surface area (Å²) in [6.07, 6.45) is 2.51. The van der Waals surface area contributed by atoms with Crippen molar-refractivity contribution >= 4 is 50.9 Å². The van der Waals surface area contributed by atoms with Crippen molar-refractivity contribution in [3.8, 4) is 5.75 Å². The summed E-state index contributed by atoms with van der Waals surface area (Å²) in [5.41, 5.74) is 4.04. The SMILES string of the molecule is COc1ccccc1C1C(C(=O)N(C)CCN(C)C)=C(Cc2ccccc2)N=C2SC(c3c(Cl)cccc3Cl)=CN21. The van der Waals surface area contributed by atoms with Crippen molar-refractivity contribution < 1.29 is 9.53 Å². The second kappa shape index (κ2) is 12.7. The van der Waals surface area contributed by atoms with Crippen LogP contribution >= 0.6 is 35.0 Å². The van der Waals surface area contributed by atoms with Gasteiger partial charge in [0.25, 0.3) is 5.91 Å². The lowest BCUT2D eigenvalue weighted by molar-refractivity contribution is -0.126. The number of hydrogen-bond donors (Lipinski definition) is 0. The van der Waals surface area contributed by atoms with Gasteiger partial charge in [-0.2, -0.15) is 0 Å². The van der Waals surface area contributed by atoms with Gasteiger partial charge in [-0.05, 0) is 49.6 Å². The minimum atomic E-state index is -0.474. The molecule has 0 aliphatic carbocycles. The number of carbonyl (C=O) groups is 1. The Bertz CT molecular complexity index is 1520. The Hall–Kier alpha value is -3.23. The number of halogens is 2. The summed E-state index contributed by atoms with van der Waals surface area (Å²) >= 11 is 14.8. The van der Waals surface area contributed by atoms with Crippen molar-refractivity contribution in [1.29, 1.82) is 0 Å². The summed E-state index contributed by atoms with van der Waals surface area (Å²) in [5, 5.41) is 1.87. The maximum atomic E-state index is 14.4. The van der Waals surface area contributed by atoms with Gasteiger partial charge >= 0.3 is 0 Å². The number of hydrogen-bond acceptors (Lipinski definition) is 6. The molecule has 3 aromatic carbocycles. The number of methoxy groups -OCH3 is 1. The van der Waals surface area contributed by atoms with Crippen molar-refractivity contribution in [2.24, 2.45) is 4.99 Å². The van der Waals surface area contributed by atoms with E-state index < -0.39 is 6.04 Å². The van der Waals surface area contributed by atoms with Crippen molar-refractivity contribution in [3.05, 3.63) is 117 Å². The van der Waals surface area contributed by atoms with Gasteiger partial charge in [0.1, 0.15) is 5.75 Å². The third-order valence-corrected chi connectivity index (χ3v) is 8.73. The molecule has 2 heterocycles. The van der Waals surface area contributed by atoms with Crippen molar-refractivity contribution in [2.75, 3.05) is 41.3 Å². The summed E-state index contributed by atoms with van der Waals surface area (Å²) in [4.78, 5) is 26.3. The number of fused-ring (bicyclic) bond motifs is 1. The predicted molar refractivity (Wildman–Crippen MR) is 170 cm³/mol. The van der Waals surface area contributed by atoms with Crippen LogP contribution in [0.1, 0.15) is 22.7 Å². The molecule has 3 aromatic rings. The van der Waals surface area contributed by atoms with Crippen LogP contribution < -0.4 is 4.74 Å². The number of likely N-dealkylation sites (N-methyl/N-ethyl adjacent to an activating group) is 2. The van der Waals surface area contributed by atoms with Crippen LogP contribution in [-0.4, -0.2) is 67.1 Å². The normalized spacial score (nSPS) is 16.5. The van der Waals surface area contributed by atoms with Gasteiger partial charge in [0.15, 0.2) is 5.17 Å². The molecule has 5 rings (SSSR count). The zero-order valence-corrected chi connectivity index (χ0v) is 25.8. The predicted octanol–water partition coefficient (Wildman–Crippen LogP) is 6.98. The topological polar surface area (TPSA) is 48.4 Å². The van der Waals surface area contributed by atoms with E-state index in [9.17, 15) is 4.79 Å². The molecule has 9 heteroatoms. The van der Waals surface area contributed by atoms with E-state index in [4.69, 9.17) is 32.9 Å². The van der Waals surface area contributed by atoms with Crippen LogP contribution in [-0.2, 0) is 11.2 Å². The molecule has 212 valence electrons. The number of para-hydroxylation sites is 1. The molecule has 1 atom stereocenters. The molecular weight excluding hydrogens is 575 g/mol. The first-order valence-corrected chi connectivity index (χ1v) is 14.9. The summed E-state index contributed by atoms with van der Waals surface area (Å²) in [7, 11) is 7.50. The number of thioether (sulfide) groups is 1. The molecule has 0 fully saturated rings. The maximum absolute atomic E-state index is 14.4. The van der Waals surface area contributed by atoms with E-state index in [-0.39, 0.29) is 5.91 Å². The zero-order valence-electron chi connectivity index (χ0n) is 23.5. The van der Waals surface area contributed by atoms with Crippen LogP contribution in [0.3, 0.4) is 0 Å². The fourth-order valence-corrected chi connectivity index (χ4v) is 6.78. The van der Waals surface area contributed by atoms with Crippen LogP contribution in [0.25, 0.3) is 4.91 Å². The van der Waals surface area contributed by atoms with E-state index in [1.54, 1.807) is 12.0 Å². The molecule has 0 bridgehead atoms. The van der Waals surface area contributed by atoms with Crippen LogP contribution in [0.5, 0.6) is 5.75 Å². The Kier molecular flexibility index (Phi) is 9.09. The molecule has 0 aromatic heterocycles. The number of nitrogens with zero attached hydrogens (tertiary/aromatic N) is 4. The van der Waals surface area contributed by atoms with Gasteiger partial charge in [-0.25, -0.2) is 4.99 Å². The number of amidine groups is 1. The molecule has 41 heavy (non-hydrogen) atoms. The molecule has 0 saturated carbocycles. The third-order valence-electron chi connectivity index (χ3n) is 7.09. The average molecular weight is 608 g/mol. The first-order valence-electron chi connectivity index (χ1n) is 13.3. The molecule has 2 aliphatic rings. The first kappa shape index (κ1) is 29.3. The molecule has 6 nitrogen and oxygen atoms in total. The quantitative estimate of drug-likeness (QED) is 0.263. The number of allylic oxidation sites excluding steroid dienone is 1. The number of ether oxygens (including phenoxy) is 1. The number of aliphatic imine (C=N–C) groups is 1. The molecule has 1 unspecified atom stereocenters. The average Bonchev–Trinajstić information content (AvgIpc) is 3.38. The molecule has 2 aliphatic heterocycles. The van der Waals surface area contributed by atoms with Gasteiger partial charge in [-0.1, -0.05) is 77.8 Å². The fourth-order valence-electron chi connectivity index (χ4n) is 4.97. The van der Waals surface area contributed by atoms with Gasteiger partial charge in [-0.3, -0.25) is 4.79 Å². The lowest BCUT2D eigenvalue weighted by atomic mass is 9.90. The van der Waals surface area contributed by atoms with Gasteiger partial charge in [0, 0.05) is 48.8 Å². The monoisotopic (exact) mass is 606 g/mol. The highest BCUT2D eigenvalue weighted by molar-refractivity contribution is 8.22. The molecule has 0 radical (unpaired) electrons. The second-order valence-corrected chi connectivity index (χ2v) is 12.0. The molecule has 0 saturated heterocycles. The summed E-state index contributed by atoms with van der Waals surface area (Å²) in [6.45, 7) is 1.32. The van der Waals surface area contributed by atoms with Crippen LogP contribution in [0.2, 0.25) is 10.0 Å². The minimum absolute atomic E-state index is 0.0703. The van der Waals surface area contributed by atoms with Crippen LogP contribution in [0.4, 0.5) is 0 Å². The largest absolute Gasteiger partial charge is 0.496 e. The zero-order chi connectivity index (χ0) is 29.1. The number of amides is 1. The third kappa shape index (κ3) is 6.19. The second-order valence-electron chi connectivity index (χ2n) is 10.2. The molecular formula is C32H32Cl2N4O2S. The Morgan fingerprint density at radius 3 is 2.32 bits per heavy atom. The van der Waals surface area contributed by atoms with Gasteiger partial charge in [0.05, 0.1) is 34.5 Å². The fraction of sp³-hybridized carbons (Fsp3) is 0.250.